The maximum absolute atomic E-state index is 12.4. The highest BCUT2D eigenvalue weighted by Crippen LogP contribution is 2.29. The minimum atomic E-state index is -0.997. The van der Waals surface area contributed by atoms with Gasteiger partial charge in [0.15, 0.2) is 0 Å². The zero-order valence-corrected chi connectivity index (χ0v) is 12.8. The van der Waals surface area contributed by atoms with E-state index < -0.39 is 17.5 Å². The van der Waals surface area contributed by atoms with Crippen LogP contribution in [0.25, 0.3) is 10.8 Å². The van der Waals surface area contributed by atoms with Gasteiger partial charge in [-0.15, -0.1) is 0 Å². The second-order valence-electron chi connectivity index (χ2n) is 5.96. The topological polar surface area (TPSA) is 75.6 Å². The number of anilines is 1. The van der Waals surface area contributed by atoms with Crippen molar-refractivity contribution in [2.24, 2.45) is 0 Å². The van der Waals surface area contributed by atoms with Crippen LogP contribution in [0.1, 0.15) is 31.1 Å². The van der Waals surface area contributed by atoms with Crippen molar-refractivity contribution in [3.63, 3.8) is 0 Å². The normalized spacial score (nSPS) is 11.2. The number of carbonyl (C=O) groups excluding carboxylic acids is 1. The molecule has 0 atom stereocenters. The molecule has 5 heteroatoms. The Morgan fingerprint density at radius 2 is 1.82 bits per heavy atom. The molecule has 0 aliphatic rings. The van der Waals surface area contributed by atoms with E-state index in [-0.39, 0.29) is 6.54 Å². The van der Waals surface area contributed by atoms with Crippen LogP contribution in [0.4, 0.5) is 5.69 Å². The van der Waals surface area contributed by atoms with Gasteiger partial charge in [-0.3, -0.25) is 4.79 Å². The number of carbonyl (C=O) groups is 2. The summed E-state index contributed by atoms with van der Waals surface area (Å²) in [5.74, 6) is -1.48. The Balaban J connectivity index is 2.50. The standard InChI is InChI=1S/C17H19NO4/c1-17(2,3)22-16(21)13-9-8-11-6-4-5-7-12(11)15(13)18-10-14(19)20/h4-9,18H,10H2,1-3H3,(H,19,20). The predicted octanol–water partition coefficient (Wildman–Crippen LogP) is 3.29. The lowest BCUT2D eigenvalue weighted by atomic mass is 10.0. The summed E-state index contributed by atoms with van der Waals surface area (Å²) in [6.07, 6.45) is 0. The molecule has 2 aromatic carbocycles. The average molecular weight is 301 g/mol. The Kier molecular flexibility index (Phi) is 4.35. The fourth-order valence-corrected chi connectivity index (χ4v) is 2.13. The molecule has 22 heavy (non-hydrogen) atoms. The Morgan fingerprint density at radius 3 is 2.45 bits per heavy atom. The highest BCUT2D eigenvalue weighted by Gasteiger charge is 2.21. The molecule has 0 unspecified atom stereocenters. The van der Waals surface area contributed by atoms with Gasteiger partial charge in [-0.05, 0) is 32.2 Å². The number of ether oxygens (including phenoxy) is 1. The molecule has 2 N–H and O–H groups in total. The molecule has 5 nitrogen and oxygen atoms in total. The van der Waals surface area contributed by atoms with Crippen molar-refractivity contribution in [2.75, 3.05) is 11.9 Å². The van der Waals surface area contributed by atoms with Crippen LogP contribution < -0.4 is 5.32 Å². The first kappa shape index (κ1) is 15.8. The van der Waals surface area contributed by atoms with E-state index in [0.717, 1.165) is 10.8 Å². The molecule has 0 amide bonds. The predicted molar refractivity (Wildman–Crippen MR) is 85.2 cm³/mol. The van der Waals surface area contributed by atoms with Crippen molar-refractivity contribution in [3.8, 4) is 0 Å². The van der Waals surface area contributed by atoms with E-state index in [2.05, 4.69) is 5.32 Å². The lowest BCUT2D eigenvalue weighted by Gasteiger charge is -2.21. The highest BCUT2D eigenvalue weighted by atomic mass is 16.6. The summed E-state index contributed by atoms with van der Waals surface area (Å²) in [7, 11) is 0. The van der Waals surface area contributed by atoms with Crippen LogP contribution in [0.5, 0.6) is 0 Å². The lowest BCUT2D eigenvalue weighted by molar-refractivity contribution is -0.134. The Morgan fingerprint density at radius 1 is 1.14 bits per heavy atom. The van der Waals surface area contributed by atoms with Gasteiger partial charge in [0.1, 0.15) is 12.1 Å². The number of nitrogens with one attached hydrogen (secondary N) is 1. The second-order valence-corrected chi connectivity index (χ2v) is 5.96. The molecular weight excluding hydrogens is 282 g/mol. The van der Waals surface area contributed by atoms with Crippen LogP contribution in [0.3, 0.4) is 0 Å². The van der Waals surface area contributed by atoms with Gasteiger partial charge in [-0.2, -0.15) is 0 Å². The first-order valence-electron chi connectivity index (χ1n) is 6.99. The number of carboxylic acids is 1. The number of aliphatic carboxylic acids is 1. The van der Waals surface area contributed by atoms with Gasteiger partial charge in [0.05, 0.1) is 11.3 Å². The molecule has 0 saturated heterocycles. The Hall–Kier alpha value is -2.56. The van der Waals surface area contributed by atoms with E-state index in [4.69, 9.17) is 9.84 Å². The number of benzene rings is 2. The van der Waals surface area contributed by atoms with Gasteiger partial charge in [0.25, 0.3) is 0 Å². The van der Waals surface area contributed by atoms with Gasteiger partial charge in [-0.25, -0.2) is 4.79 Å². The fourth-order valence-electron chi connectivity index (χ4n) is 2.13. The molecule has 0 radical (unpaired) electrons. The Labute approximate surface area is 128 Å². The largest absolute Gasteiger partial charge is 0.480 e. The second kappa shape index (κ2) is 6.05. The third-order valence-corrected chi connectivity index (χ3v) is 2.96. The lowest BCUT2D eigenvalue weighted by Crippen LogP contribution is -2.25. The number of carboxylic acid groups (broad SMARTS) is 1. The summed E-state index contributed by atoms with van der Waals surface area (Å²) >= 11 is 0. The van der Waals surface area contributed by atoms with Crippen molar-refractivity contribution >= 4 is 28.4 Å². The van der Waals surface area contributed by atoms with E-state index in [9.17, 15) is 9.59 Å². The van der Waals surface area contributed by atoms with Gasteiger partial charge in [0.2, 0.25) is 0 Å². The quantitative estimate of drug-likeness (QED) is 0.847. The molecule has 0 aromatic heterocycles. The number of rotatable bonds is 4. The molecule has 0 aliphatic heterocycles. The molecule has 0 spiro atoms. The van der Waals surface area contributed by atoms with Gasteiger partial charge < -0.3 is 15.2 Å². The van der Waals surface area contributed by atoms with E-state index in [1.165, 1.54) is 0 Å². The molecule has 0 aliphatic carbocycles. The van der Waals surface area contributed by atoms with Gasteiger partial charge in [0, 0.05) is 5.39 Å². The minimum absolute atomic E-state index is 0.274. The van der Waals surface area contributed by atoms with Crippen molar-refractivity contribution in [3.05, 3.63) is 42.0 Å². The van der Waals surface area contributed by atoms with Crippen molar-refractivity contribution in [1.82, 2.24) is 0 Å². The first-order chi connectivity index (χ1) is 10.3. The summed E-state index contributed by atoms with van der Waals surface area (Å²) < 4.78 is 5.39. The van der Waals surface area contributed by atoms with Crippen LogP contribution in [-0.4, -0.2) is 29.2 Å². The summed E-state index contributed by atoms with van der Waals surface area (Å²) in [5.41, 5.74) is 0.192. The number of hydrogen-bond acceptors (Lipinski definition) is 4. The van der Waals surface area contributed by atoms with Gasteiger partial charge in [-0.1, -0.05) is 30.3 Å². The zero-order valence-electron chi connectivity index (χ0n) is 12.8. The molecule has 0 fully saturated rings. The van der Waals surface area contributed by atoms with Crippen molar-refractivity contribution in [1.29, 1.82) is 0 Å². The number of hydrogen-bond donors (Lipinski definition) is 2. The SMILES string of the molecule is CC(C)(C)OC(=O)c1ccc2ccccc2c1NCC(=O)O. The van der Waals surface area contributed by atoms with E-state index in [1.807, 2.05) is 30.3 Å². The molecule has 0 heterocycles. The maximum Gasteiger partial charge on any atom is 0.340 e. The molecule has 2 rings (SSSR count). The first-order valence-corrected chi connectivity index (χ1v) is 6.99. The minimum Gasteiger partial charge on any atom is -0.480 e. The zero-order chi connectivity index (χ0) is 16.3. The smallest absolute Gasteiger partial charge is 0.340 e. The van der Waals surface area contributed by atoms with Crippen LogP contribution in [0.2, 0.25) is 0 Å². The van der Waals surface area contributed by atoms with Crippen molar-refractivity contribution < 1.29 is 19.4 Å². The molecule has 2 aromatic rings. The van der Waals surface area contributed by atoms with Crippen molar-refractivity contribution in [2.45, 2.75) is 26.4 Å². The fraction of sp³-hybridized carbons (Fsp3) is 0.294. The third-order valence-electron chi connectivity index (χ3n) is 2.96. The van der Waals surface area contributed by atoms with E-state index >= 15 is 0 Å². The highest BCUT2D eigenvalue weighted by molar-refractivity contribution is 6.07. The van der Waals surface area contributed by atoms with Crippen LogP contribution >= 0.6 is 0 Å². The molecule has 116 valence electrons. The van der Waals surface area contributed by atoms with E-state index in [1.54, 1.807) is 26.8 Å². The number of esters is 1. The van der Waals surface area contributed by atoms with E-state index in [0.29, 0.717) is 11.3 Å². The summed E-state index contributed by atoms with van der Waals surface area (Å²) in [5, 5.41) is 13.4. The monoisotopic (exact) mass is 301 g/mol. The summed E-state index contributed by atoms with van der Waals surface area (Å²) in [4.78, 5) is 23.2. The molecular formula is C17H19NO4. The number of fused-ring (bicyclic) bond motifs is 1. The maximum atomic E-state index is 12.4. The molecule has 0 bridgehead atoms. The summed E-state index contributed by atoms with van der Waals surface area (Å²) in [6.45, 7) is 5.09. The average Bonchev–Trinajstić information content (AvgIpc) is 2.42. The van der Waals surface area contributed by atoms with Gasteiger partial charge >= 0.3 is 11.9 Å². The Bertz CT molecular complexity index is 716. The summed E-state index contributed by atoms with van der Waals surface area (Å²) in [6, 6.07) is 10.9. The molecule has 0 saturated carbocycles. The third kappa shape index (κ3) is 3.75. The van der Waals surface area contributed by atoms with Crippen LogP contribution in [0.15, 0.2) is 36.4 Å². The van der Waals surface area contributed by atoms with Crippen LogP contribution in [0, 0.1) is 0 Å². The van der Waals surface area contributed by atoms with Crippen LogP contribution in [-0.2, 0) is 9.53 Å².